The lowest BCUT2D eigenvalue weighted by atomic mass is 9.99. The summed E-state index contributed by atoms with van der Waals surface area (Å²) in [6.45, 7) is 2.25. The summed E-state index contributed by atoms with van der Waals surface area (Å²) in [6, 6.07) is 0. The maximum atomic E-state index is 10.5. The van der Waals surface area contributed by atoms with Crippen molar-refractivity contribution in [3.05, 3.63) is 16.1 Å². The molecule has 1 aliphatic rings. The van der Waals surface area contributed by atoms with Crippen molar-refractivity contribution >= 4 is 17.3 Å². The van der Waals surface area contributed by atoms with E-state index in [1.54, 1.807) is 11.3 Å². The lowest BCUT2D eigenvalue weighted by molar-refractivity contribution is -0.136. The van der Waals surface area contributed by atoms with Crippen LogP contribution in [0.15, 0.2) is 6.20 Å². The van der Waals surface area contributed by atoms with Gasteiger partial charge in [0.05, 0.1) is 11.4 Å². The van der Waals surface area contributed by atoms with E-state index >= 15 is 0 Å². The molecule has 2 heterocycles. The molecule has 5 heteroatoms. The molecule has 1 N–H and O–H groups in total. The smallest absolute Gasteiger partial charge is 0.303 e. The van der Waals surface area contributed by atoms with Gasteiger partial charge < -0.3 is 10.0 Å². The van der Waals surface area contributed by atoms with Crippen LogP contribution in [0.3, 0.4) is 0 Å². The number of likely N-dealkylation sites (tertiary alicyclic amines) is 1. The van der Waals surface area contributed by atoms with Crippen molar-refractivity contribution in [2.24, 2.45) is 0 Å². The summed E-state index contributed by atoms with van der Waals surface area (Å²) in [6.07, 6.45) is 5.08. The number of aliphatic carboxylic acids is 1. The van der Waals surface area contributed by atoms with Crippen molar-refractivity contribution in [2.75, 3.05) is 20.1 Å². The number of thiazole rings is 1. The minimum absolute atomic E-state index is 0.201. The van der Waals surface area contributed by atoms with E-state index in [9.17, 15) is 4.79 Å². The maximum Gasteiger partial charge on any atom is 0.303 e. The van der Waals surface area contributed by atoms with Gasteiger partial charge in [-0.15, -0.1) is 11.3 Å². The van der Waals surface area contributed by atoms with Crippen molar-refractivity contribution in [3.63, 3.8) is 0 Å². The van der Waals surface area contributed by atoms with Gasteiger partial charge in [-0.2, -0.15) is 0 Å². The summed E-state index contributed by atoms with van der Waals surface area (Å²) >= 11 is 1.68. The maximum absolute atomic E-state index is 10.5. The Kier molecular flexibility index (Phi) is 4.12. The molecule has 1 aromatic rings. The second kappa shape index (κ2) is 5.60. The zero-order valence-corrected chi connectivity index (χ0v) is 10.9. The zero-order chi connectivity index (χ0) is 12.3. The first-order chi connectivity index (χ1) is 8.15. The number of nitrogens with zero attached hydrogens (tertiary/aromatic N) is 2. The lowest BCUT2D eigenvalue weighted by Crippen LogP contribution is -2.30. The summed E-state index contributed by atoms with van der Waals surface area (Å²) < 4.78 is 0. The molecule has 0 spiro atoms. The summed E-state index contributed by atoms with van der Waals surface area (Å²) in [7, 11) is 2.14. The monoisotopic (exact) mass is 254 g/mol. The predicted octanol–water partition coefficient (Wildman–Crippen LogP) is 1.97. The van der Waals surface area contributed by atoms with Crippen LogP contribution in [-0.4, -0.2) is 41.1 Å². The van der Waals surface area contributed by atoms with Gasteiger partial charge in [-0.1, -0.05) is 0 Å². The Morgan fingerprint density at radius 2 is 2.53 bits per heavy atom. The third-order valence-corrected chi connectivity index (χ3v) is 4.35. The number of aromatic nitrogens is 1. The van der Waals surface area contributed by atoms with E-state index in [2.05, 4.69) is 16.9 Å². The van der Waals surface area contributed by atoms with Gasteiger partial charge in [0.25, 0.3) is 0 Å². The van der Waals surface area contributed by atoms with E-state index in [-0.39, 0.29) is 6.42 Å². The highest BCUT2D eigenvalue weighted by atomic mass is 32.1. The van der Waals surface area contributed by atoms with Crippen molar-refractivity contribution in [1.82, 2.24) is 9.88 Å². The Morgan fingerprint density at radius 1 is 1.71 bits per heavy atom. The third kappa shape index (κ3) is 3.51. The first-order valence-corrected chi connectivity index (χ1v) is 6.81. The van der Waals surface area contributed by atoms with Gasteiger partial charge in [-0.3, -0.25) is 4.79 Å². The van der Waals surface area contributed by atoms with Crippen LogP contribution >= 0.6 is 11.3 Å². The SMILES string of the molecule is CN1CCCC(c2ncc(CCC(=O)O)s2)C1. The molecule has 1 atom stereocenters. The average Bonchev–Trinajstić information content (AvgIpc) is 2.75. The molecular formula is C12H18N2O2S. The van der Waals surface area contributed by atoms with Crippen LogP contribution < -0.4 is 0 Å². The second-order valence-electron chi connectivity index (χ2n) is 4.66. The van der Waals surface area contributed by atoms with Crippen LogP contribution in [0.4, 0.5) is 0 Å². The van der Waals surface area contributed by atoms with Crippen molar-refractivity contribution < 1.29 is 9.90 Å². The van der Waals surface area contributed by atoms with Gasteiger partial charge in [0, 0.05) is 23.5 Å². The van der Waals surface area contributed by atoms with Crippen LogP contribution in [0, 0.1) is 0 Å². The van der Waals surface area contributed by atoms with Crippen molar-refractivity contribution in [2.45, 2.75) is 31.6 Å². The summed E-state index contributed by atoms with van der Waals surface area (Å²) in [5, 5.41) is 9.82. The van der Waals surface area contributed by atoms with E-state index in [4.69, 9.17) is 5.11 Å². The van der Waals surface area contributed by atoms with E-state index in [1.807, 2.05) is 6.20 Å². The highest BCUT2D eigenvalue weighted by Gasteiger charge is 2.21. The fourth-order valence-electron chi connectivity index (χ4n) is 2.23. The van der Waals surface area contributed by atoms with E-state index in [0.717, 1.165) is 11.4 Å². The van der Waals surface area contributed by atoms with Crippen LogP contribution in [-0.2, 0) is 11.2 Å². The zero-order valence-electron chi connectivity index (χ0n) is 10.1. The molecule has 1 unspecified atom stereocenters. The molecule has 0 bridgehead atoms. The van der Waals surface area contributed by atoms with Crippen LogP contribution in [0.5, 0.6) is 0 Å². The summed E-state index contributed by atoms with van der Waals surface area (Å²) in [5.74, 6) is -0.199. The number of hydrogen-bond donors (Lipinski definition) is 1. The first-order valence-electron chi connectivity index (χ1n) is 6.00. The number of carbonyl (C=O) groups is 1. The first kappa shape index (κ1) is 12.5. The number of aryl methyl sites for hydroxylation is 1. The quantitative estimate of drug-likeness (QED) is 0.892. The van der Waals surface area contributed by atoms with Gasteiger partial charge >= 0.3 is 5.97 Å². The van der Waals surface area contributed by atoms with E-state index in [1.165, 1.54) is 24.4 Å². The molecule has 0 aromatic carbocycles. The van der Waals surface area contributed by atoms with Gasteiger partial charge in [0.1, 0.15) is 0 Å². The normalized spacial score (nSPS) is 21.6. The van der Waals surface area contributed by atoms with Crippen molar-refractivity contribution in [1.29, 1.82) is 0 Å². The van der Waals surface area contributed by atoms with E-state index < -0.39 is 5.97 Å². The molecule has 1 saturated heterocycles. The predicted molar refractivity (Wildman–Crippen MR) is 67.5 cm³/mol. The summed E-state index contributed by atoms with van der Waals surface area (Å²) in [4.78, 5) is 18.4. The number of rotatable bonds is 4. The molecule has 4 nitrogen and oxygen atoms in total. The molecule has 1 fully saturated rings. The fourth-order valence-corrected chi connectivity index (χ4v) is 3.27. The summed E-state index contributed by atoms with van der Waals surface area (Å²) in [5.41, 5.74) is 0. The lowest BCUT2D eigenvalue weighted by Gasteiger charge is -2.28. The molecule has 0 aliphatic carbocycles. The third-order valence-electron chi connectivity index (χ3n) is 3.13. The van der Waals surface area contributed by atoms with Gasteiger partial charge in [0.2, 0.25) is 0 Å². The average molecular weight is 254 g/mol. The highest BCUT2D eigenvalue weighted by Crippen LogP contribution is 2.29. The largest absolute Gasteiger partial charge is 0.481 e. The highest BCUT2D eigenvalue weighted by molar-refractivity contribution is 7.11. The Bertz CT molecular complexity index is 392. The number of carboxylic acid groups (broad SMARTS) is 1. The number of hydrogen-bond acceptors (Lipinski definition) is 4. The van der Waals surface area contributed by atoms with Gasteiger partial charge in [-0.25, -0.2) is 4.98 Å². The molecule has 0 radical (unpaired) electrons. The molecule has 0 amide bonds. The minimum atomic E-state index is -0.739. The molecule has 1 aliphatic heterocycles. The van der Waals surface area contributed by atoms with Crippen LogP contribution in [0.1, 0.15) is 35.1 Å². The molecule has 94 valence electrons. The standard InChI is InChI=1S/C12H18N2O2S/c1-14-6-2-3-9(8-14)12-13-7-10(17-12)4-5-11(15)16/h7,9H,2-6,8H2,1H3,(H,15,16). The Hall–Kier alpha value is -0.940. The number of likely N-dealkylation sites (N-methyl/N-ethyl adjacent to an activating group) is 1. The van der Waals surface area contributed by atoms with Crippen molar-refractivity contribution in [3.8, 4) is 0 Å². The second-order valence-corrected chi connectivity index (χ2v) is 5.81. The van der Waals surface area contributed by atoms with Crippen LogP contribution in [0.25, 0.3) is 0 Å². The Labute approximate surface area is 105 Å². The Morgan fingerprint density at radius 3 is 3.24 bits per heavy atom. The number of piperidine rings is 1. The van der Waals surface area contributed by atoms with Gasteiger partial charge in [-0.05, 0) is 32.9 Å². The molecule has 17 heavy (non-hydrogen) atoms. The molecule has 1 aromatic heterocycles. The molecule has 2 rings (SSSR count). The topological polar surface area (TPSA) is 53.4 Å². The fraction of sp³-hybridized carbons (Fsp3) is 0.667. The molecular weight excluding hydrogens is 236 g/mol. The Balaban J connectivity index is 1.95. The molecule has 0 saturated carbocycles. The minimum Gasteiger partial charge on any atom is -0.481 e. The van der Waals surface area contributed by atoms with Gasteiger partial charge in [0.15, 0.2) is 0 Å². The number of carboxylic acids is 1. The van der Waals surface area contributed by atoms with Crippen LogP contribution in [0.2, 0.25) is 0 Å². The van der Waals surface area contributed by atoms with E-state index in [0.29, 0.717) is 12.3 Å².